The summed E-state index contributed by atoms with van der Waals surface area (Å²) in [6.07, 6.45) is 2.14. The molecular formula is C21H27FN2O4S. The number of hydrogen-bond donors (Lipinski definition) is 1. The number of hydrogen-bond acceptors (Lipinski definition) is 4. The number of carbonyl (C=O) groups is 1. The lowest BCUT2D eigenvalue weighted by Gasteiger charge is -2.23. The minimum Gasteiger partial charge on any atom is -0.497 e. The first-order chi connectivity index (χ1) is 13.8. The molecule has 0 saturated heterocycles. The summed E-state index contributed by atoms with van der Waals surface area (Å²) in [4.78, 5) is 12.4. The predicted octanol–water partition coefficient (Wildman–Crippen LogP) is 3.65. The number of benzene rings is 2. The second-order valence-corrected chi connectivity index (χ2v) is 8.60. The molecule has 6 nitrogen and oxygen atoms in total. The molecule has 1 atom stereocenters. The van der Waals surface area contributed by atoms with Crippen LogP contribution in [0.3, 0.4) is 0 Å². The van der Waals surface area contributed by atoms with Gasteiger partial charge in [0.25, 0.3) is 0 Å². The van der Waals surface area contributed by atoms with E-state index in [1.54, 1.807) is 13.2 Å². The Labute approximate surface area is 171 Å². The van der Waals surface area contributed by atoms with Crippen LogP contribution in [0.2, 0.25) is 0 Å². The first-order valence-electron chi connectivity index (χ1n) is 9.41. The summed E-state index contributed by atoms with van der Waals surface area (Å²) in [5, 5.41) is 2.96. The van der Waals surface area contributed by atoms with Crippen LogP contribution in [0.15, 0.2) is 48.5 Å². The average Bonchev–Trinajstić information content (AvgIpc) is 2.69. The highest BCUT2D eigenvalue weighted by Gasteiger charge is 2.21. The number of ether oxygens (including phenoxy) is 1. The number of carbonyl (C=O) groups excluding carboxylic acids is 1. The average molecular weight is 423 g/mol. The van der Waals surface area contributed by atoms with Gasteiger partial charge >= 0.3 is 0 Å². The van der Waals surface area contributed by atoms with Gasteiger partial charge in [-0.15, -0.1) is 0 Å². The molecule has 2 rings (SSSR count). The van der Waals surface area contributed by atoms with Gasteiger partial charge in [-0.05, 0) is 42.7 Å². The summed E-state index contributed by atoms with van der Waals surface area (Å²) in [6, 6.07) is 13.0. The first kappa shape index (κ1) is 22.7. The quantitative estimate of drug-likeness (QED) is 0.634. The molecule has 2 aromatic carbocycles. The summed E-state index contributed by atoms with van der Waals surface area (Å²) in [7, 11) is -2.07. The van der Waals surface area contributed by atoms with Gasteiger partial charge in [-0.2, -0.15) is 0 Å². The minimum absolute atomic E-state index is 0.0138. The summed E-state index contributed by atoms with van der Waals surface area (Å²) in [6.45, 7) is 1.99. The van der Waals surface area contributed by atoms with Gasteiger partial charge < -0.3 is 10.1 Å². The van der Waals surface area contributed by atoms with E-state index in [9.17, 15) is 17.6 Å². The topological polar surface area (TPSA) is 75.7 Å². The number of nitrogens with one attached hydrogen (secondary N) is 1. The van der Waals surface area contributed by atoms with E-state index in [1.165, 1.54) is 18.2 Å². The fourth-order valence-corrected chi connectivity index (χ4v) is 3.99. The third-order valence-electron chi connectivity index (χ3n) is 4.55. The van der Waals surface area contributed by atoms with Crippen molar-refractivity contribution in [2.24, 2.45) is 0 Å². The van der Waals surface area contributed by atoms with E-state index in [4.69, 9.17) is 4.74 Å². The largest absolute Gasteiger partial charge is 0.497 e. The van der Waals surface area contributed by atoms with Crippen LogP contribution in [-0.2, 0) is 14.8 Å². The Balaban J connectivity index is 1.96. The van der Waals surface area contributed by atoms with E-state index in [-0.39, 0.29) is 37.0 Å². The van der Waals surface area contributed by atoms with Crippen LogP contribution in [0.25, 0.3) is 0 Å². The van der Waals surface area contributed by atoms with Crippen molar-refractivity contribution in [3.63, 3.8) is 0 Å². The molecule has 0 heterocycles. The van der Waals surface area contributed by atoms with Crippen LogP contribution in [0, 0.1) is 5.82 Å². The molecule has 0 radical (unpaired) electrons. The van der Waals surface area contributed by atoms with Crippen LogP contribution in [0.4, 0.5) is 10.1 Å². The number of methoxy groups -OCH3 is 1. The molecule has 1 N–H and O–H groups in total. The summed E-state index contributed by atoms with van der Waals surface area (Å²) in [5.41, 5.74) is 0.950. The molecule has 0 bridgehead atoms. The maximum atomic E-state index is 14.0. The smallest absolute Gasteiger partial charge is 0.232 e. The number of rotatable bonds is 10. The summed E-state index contributed by atoms with van der Waals surface area (Å²) in [5.74, 6) is -0.0634. The number of nitrogens with zero attached hydrogens (tertiary/aromatic N) is 1. The minimum atomic E-state index is -3.67. The van der Waals surface area contributed by atoms with Crippen molar-refractivity contribution in [3.05, 3.63) is 59.9 Å². The highest BCUT2D eigenvalue weighted by atomic mass is 32.2. The van der Waals surface area contributed by atoms with Crippen LogP contribution in [0.1, 0.15) is 37.8 Å². The molecular weight excluding hydrogens is 395 g/mol. The molecule has 2 aromatic rings. The van der Waals surface area contributed by atoms with Crippen molar-refractivity contribution in [1.29, 1.82) is 0 Å². The lowest BCUT2D eigenvalue weighted by molar-refractivity contribution is -0.121. The number of amides is 1. The van der Waals surface area contributed by atoms with E-state index in [2.05, 4.69) is 5.32 Å². The Morgan fingerprint density at radius 1 is 1.17 bits per heavy atom. The molecule has 1 amide bonds. The molecule has 0 aliphatic carbocycles. The Hall–Kier alpha value is -2.61. The zero-order valence-electron chi connectivity index (χ0n) is 16.9. The summed E-state index contributed by atoms with van der Waals surface area (Å²) >= 11 is 0. The molecule has 0 unspecified atom stereocenters. The number of halogens is 1. The number of sulfonamides is 1. The first-order valence-corrected chi connectivity index (χ1v) is 11.3. The van der Waals surface area contributed by atoms with Crippen molar-refractivity contribution in [3.8, 4) is 5.75 Å². The lowest BCUT2D eigenvalue weighted by atomic mass is 10.0. The molecule has 0 aliphatic rings. The molecule has 8 heteroatoms. The number of anilines is 1. The van der Waals surface area contributed by atoms with Gasteiger partial charge in [-0.25, -0.2) is 12.8 Å². The number of para-hydroxylation sites is 1. The predicted molar refractivity (Wildman–Crippen MR) is 112 cm³/mol. The van der Waals surface area contributed by atoms with Crippen LogP contribution >= 0.6 is 0 Å². The molecule has 0 aromatic heterocycles. The van der Waals surface area contributed by atoms with Gasteiger partial charge in [0.15, 0.2) is 0 Å². The van der Waals surface area contributed by atoms with Crippen molar-refractivity contribution in [2.75, 3.05) is 24.2 Å². The van der Waals surface area contributed by atoms with E-state index in [0.29, 0.717) is 6.42 Å². The van der Waals surface area contributed by atoms with Gasteiger partial charge in [0.05, 0.1) is 25.1 Å². The molecule has 0 saturated carbocycles. The zero-order valence-corrected chi connectivity index (χ0v) is 17.7. The van der Waals surface area contributed by atoms with E-state index in [1.807, 2.05) is 31.2 Å². The Morgan fingerprint density at radius 2 is 1.83 bits per heavy atom. The van der Waals surface area contributed by atoms with Gasteiger partial charge in [0.1, 0.15) is 11.6 Å². The highest BCUT2D eigenvalue weighted by Crippen LogP contribution is 2.23. The Kier molecular flexibility index (Phi) is 8.01. The maximum Gasteiger partial charge on any atom is 0.232 e. The Morgan fingerprint density at radius 3 is 2.38 bits per heavy atom. The van der Waals surface area contributed by atoms with Crippen LogP contribution in [0.5, 0.6) is 5.75 Å². The third kappa shape index (κ3) is 6.45. The van der Waals surface area contributed by atoms with Gasteiger partial charge in [-0.3, -0.25) is 9.10 Å². The standard InChI is InChI=1S/C21H27FN2O4S/c1-4-19(16-11-13-17(28-2)14-12-16)23-21(25)10-7-15-24(29(3,26)27)20-9-6-5-8-18(20)22/h5-6,8-9,11-14,19H,4,7,10,15H2,1-3H3,(H,23,25)/t19-/m0/s1. The van der Waals surface area contributed by atoms with Crippen molar-refractivity contribution in [2.45, 2.75) is 32.2 Å². The SMILES string of the molecule is CC[C@H](NC(=O)CCCN(c1ccccc1F)S(C)(=O)=O)c1ccc(OC)cc1. The van der Waals surface area contributed by atoms with Crippen LogP contribution < -0.4 is 14.4 Å². The van der Waals surface area contributed by atoms with Gasteiger partial charge in [0.2, 0.25) is 15.9 Å². The van der Waals surface area contributed by atoms with E-state index < -0.39 is 15.8 Å². The normalized spacial score (nSPS) is 12.3. The third-order valence-corrected chi connectivity index (χ3v) is 5.73. The molecule has 0 fully saturated rings. The van der Waals surface area contributed by atoms with Gasteiger partial charge in [-0.1, -0.05) is 31.2 Å². The second-order valence-electron chi connectivity index (χ2n) is 6.69. The molecule has 0 spiro atoms. The highest BCUT2D eigenvalue weighted by molar-refractivity contribution is 7.92. The monoisotopic (exact) mass is 422 g/mol. The zero-order chi connectivity index (χ0) is 21.4. The van der Waals surface area contributed by atoms with E-state index in [0.717, 1.165) is 21.9 Å². The Bertz CT molecular complexity index is 917. The lowest BCUT2D eigenvalue weighted by Crippen LogP contribution is -2.33. The van der Waals surface area contributed by atoms with Crippen LogP contribution in [-0.4, -0.2) is 34.2 Å². The van der Waals surface area contributed by atoms with Gasteiger partial charge in [0, 0.05) is 13.0 Å². The van der Waals surface area contributed by atoms with E-state index >= 15 is 0 Å². The van der Waals surface area contributed by atoms with Crippen molar-refractivity contribution >= 4 is 21.6 Å². The maximum absolute atomic E-state index is 14.0. The fraction of sp³-hybridized carbons (Fsp3) is 0.381. The fourth-order valence-electron chi connectivity index (χ4n) is 3.03. The molecule has 29 heavy (non-hydrogen) atoms. The second kappa shape index (κ2) is 10.2. The molecule has 0 aliphatic heterocycles. The summed E-state index contributed by atoms with van der Waals surface area (Å²) < 4.78 is 44.3. The van der Waals surface area contributed by atoms with Crippen molar-refractivity contribution < 1.29 is 22.3 Å². The van der Waals surface area contributed by atoms with Crippen molar-refractivity contribution in [1.82, 2.24) is 5.32 Å². The molecule has 158 valence electrons.